The van der Waals surface area contributed by atoms with Gasteiger partial charge in [0.25, 0.3) is 6.10 Å². The molecule has 0 bridgehead atoms. The second-order valence-electron chi connectivity index (χ2n) is 7.09. The minimum absolute atomic E-state index is 0.133. The van der Waals surface area contributed by atoms with Gasteiger partial charge in [-0.05, 0) is 12.1 Å². The number of rotatable bonds is 4. The average molecular weight is 474 g/mol. The molecule has 0 spiro atoms. The van der Waals surface area contributed by atoms with Gasteiger partial charge < -0.3 is 14.4 Å². The van der Waals surface area contributed by atoms with Crippen molar-refractivity contribution in [2.75, 3.05) is 13.1 Å². The van der Waals surface area contributed by atoms with Gasteiger partial charge in [0.1, 0.15) is 6.10 Å². The molecule has 0 N–H and O–H groups in total. The lowest BCUT2D eigenvalue weighted by molar-refractivity contribution is -0.308. The lowest BCUT2D eigenvalue weighted by Gasteiger charge is -2.32. The minimum Gasteiger partial charge on any atom is -0.473 e. The summed E-state index contributed by atoms with van der Waals surface area (Å²) in [5.41, 5.74) is 1.50. The molecule has 0 radical (unpaired) electrons. The van der Waals surface area contributed by atoms with E-state index in [0.717, 1.165) is 4.90 Å². The maximum absolute atomic E-state index is 12.6. The van der Waals surface area contributed by atoms with Crippen LogP contribution in [0, 0.1) is 11.3 Å². The Morgan fingerprint density at radius 1 is 1.12 bits per heavy atom. The number of nitrogens with zero attached hydrogens (tertiary/aromatic N) is 4. The van der Waals surface area contributed by atoms with Crippen LogP contribution >= 0.6 is 0 Å². The van der Waals surface area contributed by atoms with E-state index in [-0.39, 0.29) is 31.8 Å². The molecule has 13 heteroatoms. The molecule has 176 valence electrons. The van der Waals surface area contributed by atoms with Crippen LogP contribution in [0.2, 0.25) is 0 Å². The van der Waals surface area contributed by atoms with Crippen LogP contribution in [0.15, 0.2) is 36.7 Å². The predicted molar refractivity (Wildman–Crippen MR) is 99.8 cm³/mol. The molecule has 0 unspecified atom stereocenters. The Morgan fingerprint density at radius 3 is 2.39 bits per heavy atom. The topological polar surface area (TPSA) is 88.3 Å². The Morgan fingerprint density at radius 2 is 1.79 bits per heavy atom. The minimum atomic E-state index is -5.77. The van der Waals surface area contributed by atoms with Crippen LogP contribution in [0.25, 0.3) is 11.3 Å². The van der Waals surface area contributed by atoms with Gasteiger partial charge in [-0.2, -0.15) is 31.6 Å². The average Bonchev–Trinajstić information content (AvgIpc) is 2.76. The summed E-state index contributed by atoms with van der Waals surface area (Å²) in [5, 5.41) is 9.01. The van der Waals surface area contributed by atoms with Crippen LogP contribution < -0.4 is 4.74 Å². The number of nitriles is 1. The number of likely N-dealkylation sites (tertiary alicyclic amines) is 1. The Bertz CT molecular complexity index is 1020. The van der Waals surface area contributed by atoms with Gasteiger partial charge in [0.15, 0.2) is 0 Å². The third-order valence-electron chi connectivity index (χ3n) is 4.70. The lowest BCUT2D eigenvalue weighted by atomic mass is 10.1. The normalized spacial score (nSPS) is 15.3. The van der Waals surface area contributed by atoms with Crippen molar-refractivity contribution >= 4 is 6.09 Å². The summed E-state index contributed by atoms with van der Waals surface area (Å²) in [6.07, 6.45) is -14.9. The van der Waals surface area contributed by atoms with E-state index in [1.54, 1.807) is 24.3 Å². The molecule has 0 atom stereocenters. The standard InChI is InChI=1S/C20H16F6N4O3/c21-19(22,23)17(20(24,25)26)33-18(31)30-6-4-14(5-7-30)32-16-11-28-10-15(29-16)13-3-1-2-12(8-13)9-27/h1-3,8,10-11,14,17H,4-7H2. The Balaban J connectivity index is 1.58. The van der Waals surface area contributed by atoms with Crippen molar-refractivity contribution in [3.8, 4) is 23.2 Å². The smallest absolute Gasteiger partial charge is 0.434 e. The molecule has 1 aromatic carbocycles. The summed E-state index contributed by atoms with van der Waals surface area (Å²) < 4.78 is 84.9. The van der Waals surface area contributed by atoms with E-state index >= 15 is 0 Å². The maximum Gasteiger partial charge on any atom is 0.434 e. The fourth-order valence-corrected chi connectivity index (χ4v) is 3.11. The van der Waals surface area contributed by atoms with Gasteiger partial charge in [-0.1, -0.05) is 12.1 Å². The molecule has 1 aliphatic rings. The number of aromatic nitrogens is 2. The first kappa shape index (κ1) is 24.1. The first-order valence-electron chi connectivity index (χ1n) is 9.55. The summed E-state index contributed by atoms with van der Waals surface area (Å²) in [6.45, 7) is -0.327. The second kappa shape index (κ2) is 9.51. The highest BCUT2D eigenvalue weighted by Gasteiger charge is 2.60. The van der Waals surface area contributed by atoms with Gasteiger partial charge in [-0.15, -0.1) is 0 Å². The van der Waals surface area contributed by atoms with Crippen LogP contribution in [0.4, 0.5) is 31.1 Å². The number of benzene rings is 1. The van der Waals surface area contributed by atoms with Crippen molar-refractivity contribution in [2.24, 2.45) is 0 Å². The van der Waals surface area contributed by atoms with Crippen LogP contribution in [0.5, 0.6) is 5.88 Å². The summed E-state index contributed by atoms with van der Waals surface area (Å²) in [5.74, 6) is 0.144. The Hall–Kier alpha value is -3.56. The highest BCUT2D eigenvalue weighted by Crippen LogP contribution is 2.36. The quantitative estimate of drug-likeness (QED) is 0.607. The molecule has 0 saturated carbocycles. The van der Waals surface area contributed by atoms with Gasteiger partial charge in [0, 0.05) is 31.5 Å². The van der Waals surface area contributed by atoms with Crippen LogP contribution in [-0.2, 0) is 4.74 Å². The van der Waals surface area contributed by atoms with Gasteiger partial charge in [0.2, 0.25) is 5.88 Å². The molecule has 1 saturated heterocycles. The summed E-state index contributed by atoms with van der Waals surface area (Å²) in [6, 6.07) is 8.67. The van der Waals surface area contributed by atoms with Crippen molar-refractivity contribution in [3.63, 3.8) is 0 Å². The fourth-order valence-electron chi connectivity index (χ4n) is 3.11. The van der Waals surface area contributed by atoms with Crippen LogP contribution in [0.1, 0.15) is 18.4 Å². The van der Waals surface area contributed by atoms with Gasteiger partial charge in [-0.25, -0.2) is 9.78 Å². The van der Waals surface area contributed by atoms with Crippen molar-refractivity contribution in [1.82, 2.24) is 14.9 Å². The molecule has 7 nitrogen and oxygen atoms in total. The number of hydrogen-bond acceptors (Lipinski definition) is 6. The van der Waals surface area contributed by atoms with E-state index in [9.17, 15) is 31.1 Å². The number of carbonyl (C=O) groups excluding carboxylic acids is 1. The number of amides is 1. The van der Waals surface area contributed by atoms with Crippen LogP contribution in [-0.4, -0.2) is 58.6 Å². The van der Waals surface area contributed by atoms with Gasteiger partial charge in [-0.3, -0.25) is 4.98 Å². The number of ether oxygens (including phenoxy) is 2. The zero-order valence-electron chi connectivity index (χ0n) is 16.7. The van der Waals surface area contributed by atoms with Crippen LogP contribution in [0.3, 0.4) is 0 Å². The highest BCUT2D eigenvalue weighted by atomic mass is 19.4. The zero-order valence-corrected chi connectivity index (χ0v) is 16.7. The molecular formula is C20H16F6N4O3. The van der Waals surface area contributed by atoms with E-state index < -0.39 is 30.7 Å². The number of piperidine rings is 1. The number of alkyl halides is 6. The first-order valence-corrected chi connectivity index (χ1v) is 9.55. The van der Waals surface area contributed by atoms with Crippen molar-refractivity contribution in [1.29, 1.82) is 5.26 Å². The molecular weight excluding hydrogens is 458 g/mol. The molecule has 2 aromatic rings. The number of carbonyl (C=O) groups is 1. The second-order valence-corrected chi connectivity index (χ2v) is 7.09. The lowest BCUT2D eigenvalue weighted by Crippen LogP contribution is -2.50. The van der Waals surface area contributed by atoms with E-state index in [4.69, 9.17) is 10.00 Å². The van der Waals surface area contributed by atoms with Crippen molar-refractivity contribution in [2.45, 2.75) is 37.4 Å². The highest BCUT2D eigenvalue weighted by molar-refractivity contribution is 5.68. The zero-order chi connectivity index (χ0) is 24.2. The number of hydrogen-bond donors (Lipinski definition) is 0. The molecule has 0 aliphatic carbocycles. The van der Waals surface area contributed by atoms with Gasteiger partial charge >= 0.3 is 18.4 Å². The van der Waals surface area contributed by atoms with E-state index in [0.29, 0.717) is 16.8 Å². The predicted octanol–water partition coefficient (Wildman–Crippen LogP) is 4.49. The van der Waals surface area contributed by atoms with E-state index in [1.807, 2.05) is 6.07 Å². The SMILES string of the molecule is N#Cc1cccc(-c2cncc(OC3CCN(C(=O)OC(C(F)(F)F)C(F)(F)F)CC3)n2)c1. The molecule has 1 aromatic heterocycles. The van der Waals surface area contributed by atoms with Crippen molar-refractivity contribution < 1.29 is 40.6 Å². The monoisotopic (exact) mass is 474 g/mol. The Labute approximate surface area is 183 Å². The largest absolute Gasteiger partial charge is 0.473 e. The summed E-state index contributed by atoms with van der Waals surface area (Å²) in [7, 11) is 0. The van der Waals surface area contributed by atoms with Gasteiger partial charge in [0.05, 0.1) is 29.7 Å². The molecule has 33 heavy (non-hydrogen) atoms. The molecule has 1 fully saturated rings. The van der Waals surface area contributed by atoms with Crippen molar-refractivity contribution in [3.05, 3.63) is 42.2 Å². The van der Waals surface area contributed by atoms with E-state index in [2.05, 4.69) is 14.7 Å². The van der Waals surface area contributed by atoms with E-state index in [1.165, 1.54) is 12.4 Å². The molecule has 1 aliphatic heterocycles. The molecule has 1 amide bonds. The third kappa shape index (κ3) is 6.24. The number of halogens is 6. The summed E-state index contributed by atoms with van der Waals surface area (Å²) >= 11 is 0. The fraction of sp³-hybridized carbons (Fsp3) is 0.400. The third-order valence-corrected chi connectivity index (χ3v) is 4.70. The molecule has 2 heterocycles. The molecule has 3 rings (SSSR count). The summed E-state index contributed by atoms with van der Waals surface area (Å²) in [4.78, 5) is 20.9. The Kier molecular flexibility index (Phi) is 6.95. The maximum atomic E-state index is 12.6. The first-order chi connectivity index (χ1) is 15.5.